The lowest BCUT2D eigenvalue weighted by Crippen LogP contribution is -2.58. The first-order chi connectivity index (χ1) is 7.76. The van der Waals surface area contributed by atoms with Gasteiger partial charge in [0.05, 0.1) is 0 Å². The van der Waals surface area contributed by atoms with E-state index in [1.807, 2.05) is 0 Å². The molecule has 0 heterocycles. The van der Waals surface area contributed by atoms with Crippen molar-refractivity contribution in [3.05, 3.63) is 0 Å². The molecule has 0 radical (unpaired) electrons. The lowest BCUT2D eigenvalue weighted by atomic mass is 9.77. The van der Waals surface area contributed by atoms with Gasteiger partial charge in [0.15, 0.2) is 0 Å². The van der Waals surface area contributed by atoms with Gasteiger partial charge in [-0.15, -0.1) is 0 Å². The van der Waals surface area contributed by atoms with Crippen molar-refractivity contribution in [2.75, 3.05) is 27.7 Å². The Labute approximate surface area is 105 Å². The summed E-state index contributed by atoms with van der Waals surface area (Å²) in [5.41, 5.74) is 5.46. The second-order valence-corrected chi connectivity index (χ2v) is 7.54. The Morgan fingerprint density at radius 3 is 2.06 bits per heavy atom. The zero-order valence-corrected chi connectivity index (χ0v) is 12.1. The fourth-order valence-corrected chi connectivity index (χ4v) is 3.67. The standard InChI is InChI=1S/C11H25N3O2S/c1-10-5-7-11(9-12,8-6-10)14(4)17(15,16)13(2)3/h10H,5-9,12H2,1-4H3. The van der Waals surface area contributed by atoms with E-state index in [9.17, 15) is 8.42 Å². The largest absolute Gasteiger partial charge is 0.329 e. The second kappa shape index (κ2) is 5.22. The molecule has 1 fully saturated rings. The molecule has 0 amide bonds. The van der Waals surface area contributed by atoms with Crippen LogP contribution < -0.4 is 5.73 Å². The topological polar surface area (TPSA) is 66.6 Å². The van der Waals surface area contributed by atoms with Crippen LogP contribution >= 0.6 is 0 Å². The third kappa shape index (κ3) is 2.81. The molecule has 1 aliphatic rings. The van der Waals surface area contributed by atoms with Gasteiger partial charge in [0.1, 0.15) is 0 Å². The van der Waals surface area contributed by atoms with Crippen LogP contribution in [0.25, 0.3) is 0 Å². The number of hydrogen-bond acceptors (Lipinski definition) is 3. The van der Waals surface area contributed by atoms with Crippen LogP contribution in [0.15, 0.2) is 0 Å². The van der Waals surface area contributed by atoms with E-state index in [0.717, 1.165) is 25.7 Å². The summed E-state index contributed by atoms with van der Waals surface area (Å²) in [5.74, 6) is 0.671. The minimum atomic E-state index is -3.38. The third-order valence-corrected chi connectivity index (χ3v) is 6.06. The molecule has 0 atom stereocenters. The van der Waals surface area contributed by atoms with Crippen LogP contribution in [0.1, 0.15) is 32.6 Å². The second-order valence-electron chi connectivity index (χ2n) is 5.37. The molecule has 0 aromatic rings. The maximum absolute atomic E-state index is 12.2. The van der Waals surface area contributed by atoms with Crippen LogP contribution in [0.3, 0.4) is 0 Å². The number of rotatable bonds is 4. The van der Waals surface area contributed by atoms with Gasteiger partial charge in [-0.1, -0.05) is 6.92 Å². The van der Waals surface area contributed by atoms with Crippen molar-refractivity contribution in [3.63, 3.8) is 0 Å². The van der Waals surface area contributed by atoms with Crippen molar-refractivity contribution in [2.24, 2.45) is 11.7 Å². The Morgan fingerprint density at radius 2 is 1.71 bits per heavy atom. The minimum absolute atomic E-state index is 0.392. The Balaban J connectivity index is 2.95. The molecule has 5 nitrogen and oxygen atoms in total. The monoisotopic (exact) mass is 263 g/mol. The summed E-state index contributed by atoms with van der Waals surface area (Å²) in [4.78, 5) is 0. The molecule has 2 N–H and O–H groups in total. The van der Waals surface area contributed by atoms with Gasteiger partial charge in [-0.2, -0.15) is 17.0 Å². The number of nitrogens with zero attached hydrogens (tertiary/aromatic N) is 2. The van der Waals surface area contributed by atoms with E-state index in [1.54, 1.807) is 21.1 Å². The molecule has 0 aliphatic heterocycles. The molecular weight excluding hydrogens is 238 g/mol. The Hall–Kier alpha value is -0.170. The first-order valence-electron chi connectivity index (χ1n) is 6.13. The van der Waals surface area contributed by atoms with Gasteiger partial charge in [-0.05, 0) is 31.6 Å². The van der Waals surface area contributed by atoms with E-state index in [1.165, 1.54) is 8.61 Å². The molecule has 102 valence electrons. The van der Waals surface area contributed by atoms with Crippen LogP contribution in [0, 0.1) is 5.92 Å². The van der Waals surface area contributed by atoms with Gasteiger partial charge in [0.25, 0.3) is 10.2 Å². The smallest absolute Gasteiger partial charge is 0.281 e. The average Bonchev–Trinajstić information content (AvgIpc) is 2.29. The molecule has 6 heteroatoms. The van der Waals surface area contributed by atoms with Crippen LogP contribution in [-0.2, 0) is 10.2 Å². The van der Waals surface area contributed by atoms with Gasteiger partial charge in [0, 0.05) is 33.2 Å². The van der Waals surface area contributed by atoms with Crippen molar-refractivity contribution in [1.82, 2.24) is 8.61 Å². The zero-order chi connectivity index (χ0) is 13.3. The van der Waals surface area contributed by atoms with Crippen molar-refractivity contribution in [3.8, 4) is 0 Å². The predicted molar refractivity (Wildman–Crippen MR) is 69.8 cm³/mol. The fourth-order valence-electron chi connectivity index (χ4n) is 2.44. The van der Waals surface area contributed by atoms with E-state index in [4.69, 9.17) is 5.73 Å². The Bertz CT molecular complexity index is 346. The minimum Gasteiger partial charge on any atom is -0.329 e. The first kappa shape index (κ1) is 14.9. The van der Waals surface area contributed by atoms with Crippen LogP contribution in [-0.4, -0.2) is 50.3 Å². The van der Waals surface area contributed by atoms with Crippen LogP contribution in [0.5, 0.6) is 0 Å². The summed E-state index contributed by atoms with van der Waals surface area (Å²) in [6.07, 6.45) is 3.80. The molecule has 0 aromatic carbocycles. The van der Waals surface area contributed by atoms with Crippen molar-refractivity contribution in [2.45, 2.75) is 38.1 Å². The number of nitrogens with two attached hydrogens (primary N) is 1. The normalized spacial score (nSPS) is 31.1. The maximum atomic E-state index is 12.2. The van der Waals surface area contributed by atoms with E-state index < -0.39 is 15.7 Å². The van der Waals surface area contributed by atoms with Crippen LogP contribution in [0.4, 0.5) is 0 Å². The lowest BCUT2D eigenvalue weighted by Gasteiger charge is -2.45. The van der Waals surface area contributed by atoms with Crippen molar-refractivity contribution < 1.29 is 8.42 Å². The highest BCUT2D eigenvalue weighted by molar-refractivity contribution is 7.86. The Morgan fingerprint density at radius 1 is 1.24 bits per heavy atom. The summed E-state index contributed by atoms with van der Waals surface area (Å²) < 4.78 is 27.1. The summed E-state index contributed by atoms with van der Waals surface area (Å²) in [5, 5.41) is 0. The fraction of sp³-hybridized carbons (Fsp3) is 1.00. The summed E-state index contributed by atoms with van der Waals surface area (Å²) >= 11 is 0. The first-order valence-corrected chi connectivity index (χ1v) is 7.52. The van der Waals surface area contributed by atoms with Crippen molar-refractivity contribution in [1.29, 1.82) is 0 Å². The highest BCUT2D eigenvalue weighted by Gasteiger charge is 2.42. The summed E-state index contributed by atoms with van der Waals surface area (Å²) in [7, 11) is 1.39. The highest BCUT2D eigenvalue weighted by Crippen LogP contribution is 2.36. The van der Waals surface area contributed by atoms with Gasteiger partial charge >= 0.3 is 0 Å². The molecule has 0 aromatic heterocycles. The molecule has 1 saturated carbocycles. The molecule has 1 aliphatic carbocycles. The average molecular weight is 263 g/mol. The number of likely N-dealkylation sites (N-methyl/N-ethyl adjacent to an activating group) is 1. The molecule has 1 rings (SSSR count). The molecule has 0 unspecified atom stereocenters. The SMILES string of the molecule is CC1CCC(CN)(N(C)S(=O)(=O)N(C)C)CC1. The molecular formula is C11H25N3O2S. The van der Waals surface area contributed by atoms with Crippen LogP contribution in [0.2, 0.25) is 0 Å². The molecule has 0 spiro atoms. The Kier molecular flexibility index (Phi) is 4.57. The van der Waals surface area contributed by atoms with E-state index in [0.29, 0.717) is 12.5 Å². The summed E-state index contributed by atoms with van der Waals surface area (Å²) in [6, 6.07) is 0. The van der Waals surface area contributed by atoms with Gasteiger partial charge < -0.3 is 5.73 Å². The van der Waals surface area contributed by atoms with E-state index >= 15 is 0 Å². The highest BCUT2D eigenvalue weighted by atomic mass is 32.2. The van der Waals surface area contributed by atoms with Crippen molar-refractivity contribution >= 4 is 10.2 Å². The molecule has 17 heavy (non-hydrogen) atoms. The zero-order valence-electron chi connectivity index (χ0n) is 11.3. The summed E-state index contributed by atoms with van der Waals surface area (Å²) in [6.45, 7) is 2.60. The maximum Gasteiger partial charge on any atom is 0.281 e. The number of hydrogen-bond donors (Lipinski definition) is 1. The molecule has 0 saturated heterocycles. The lowest BCUT2D eigenvalue weighted by molar-refractivity contribution is 0.130. The van der Waals surface area contributed by atoms with Gasteiger partial charge in [-0.25, -0.2) is 0 Å². The molecule has 0 bridgehead atoms. The van der Waals surface area contributed by atoms with Gasteiger partial charge in [-0.3, -0.25) is 0 Å². The van der Waals surface area contributed by atoms with E-state index in [-0.39, 0.29) is 0 Å². The quantitative estimate of drug-likeness (QED) is 0.809. The third-order valence-electron chi connectivity index (χ3n) is 4.06. The van der Waals surface area contributed by atoms with E-state index in [2.05, 4.69) is 6.92 Å². The van der Waals surface area contributed by atoms with Gasteiger partial charge in [0.2, 0.25) is 0 Å². The predicted octanol–water partition coefficient (Wildman–Crippen LogP) is 0.632.